The molecule has 3 aromatic rings. The zero-order chi connectivity index (χ0) is 13.9. The molecule has 0 saturated heterocycles. The van der Waals surface area contributed by atoms with Crippen molar-refractivity contribution in [2.45, 2.75) is 26.3 Å². The summed E-state index contributed by atoms with van der Waals surface area (Å²) in [6.07, 6.45) is 1.95. The van der Waals surface area contributed by atoms with Crippen LogP contribution in [-0.4, -0.2) is 9.97 Å². The highest BCUT2D eigenvalue weighted by Gasteiger charge is 2.09. The van der Waals surface area contributed by atoms with E-state index in [4.69, 9.17) is 0 Å². The van der Waals surface area contributed by atoms with Gasteiger partial charge in [-0.05, 0) is 29.2 Å². The van der Waals surface area contributed by atoms with Crippen LogP contribution in [0.1, 0.15) is 30.9 Å². The van der Waals surface area contributed by atoms with Crippen LogP contribution in [0.25, 0.3) is 11.0 Å². The molecular formula is C17H19N3. The van der Waals surface area contributed by atoms with Crippen molar-refractivity contribution >= 4 is 16.9 Å². The summed E-state index contributed by atoms with van der Waals surface area (Å²) in [6, 6.07) is 14.6. The van der Waals surface area contributed by atoms with Crippen LogP contribution in [0.15, 0.2) is 48.7 Å². The molecule has 2 aromatic heterocycles. The maximum atomic E-state index is 4.63. The Morgan fingerprint density at radius 2 is 1.95 bits per heavy atom. The Kier molecular flexibility index (Phi) is 3.42. The molecule has 0 spiro atoms. The fourth-order valence-electron chi connectivity index (χ4n) is 2.42. The van der Waals surface area contributed by atoms with E-state index in [2.05, 4.69) is 65.5 Å². The maximum absolute atomic E-state index is 4.63. The lowest BCUT2D eigenvalue weighted by molar-refractivity contribution is 0.874. The Morgan fingerprint density at radius 1 is 1.15 bits per heavy atom. The second-order valence-corrected chi connectivity index (χ2v) is 5.33. The van der Waals surface area contributed by atoms with Gasteiger partial charge in [0.05, 0.1) is 0 Å². The third-order valence-electron chi connectivity index (χ3n) is 3.50. The molecule has 3 heteroatoms. The van der Waals surface area contributed by atoms with Gasteiger partial charge in [0.1, 0.15) is 11.5 Å². The molecule has 0 saturated carbocycles. The van der Waals surface area contributed by atoms with Gasteiger partial charge >= 0.3 is 0 Å². The lowest BCUT2D eigenvalue weighted by Crippen LogP contribution is -2.03. The van der Waals surface area contributed by atoms with E-state index in [-0.39, 0.29) is 0 Å². The highest BCUT2D eigenvalue weighted by molar-refractivity contribution is 5.82. The fraction of sp³-hybridized carbons (Fsp3) is 0.235. The number of fused-ring (bicyclic) bond motifs is 1. The van der Waals surface area contributed by atoms with Crippen molar-refractivity contribution in [3.8, 4) is 0 Å². The van der Waals surface area contributed by atoms with Crippen LogP contribution in [0, 0.1) is 0 Å². The van der Waals surface area contributed by atoms with E-state index < -0.39 is 0 Å². The predicted octanol–water partition coefficient (Wildman–Crippen LogP) is 4.30. The number of H-pyrrole nitrogens is 1. The van der Waals surface area contributed by atoms with Gasteiger partial charge in [0, 0.05) is 18.1 Å². The summed E-state index contributed by atoms with van der Waals surface area (Å²) >= 11 is 0. The smallest absolute Gasteiger partial charge is 0.139 e. The van der Waals surface area contributed by atoms with Crippen LogP contribution in [0.2, 0.25) is 0 Å². The van der Waals surface area contributed by atoms with E-state index in [0.29, 0.717) is 5.92 Å². The zero-order valence-electron chi connectivity index (χ0n) is 11.9. The number of pyridine rings is 1. The Hall–Kier alpha value is -2.29. The standard InChI is InChI=1S/C17H19N3/c1-12(2)15-10-16(20-17-14(15)8-9-18-17)19-11-13-6-4-3-5-7-13/h3-10,12H,11H2,1-2H3,(H2,18,19,20). The van der Waals surface area contributed by atoms with E-state index in [1.54, 1.807) is 0 Å². The van der Waals surface area contributed by atoms with Gasteiger partial charge in [0.25, 0.3) is 0 Å². The summed E-state index contributed by atoms with van der Waals surface area (Å²) in [4.78, 5) is 7.83. The molecular weight excluding hydrogens is 246 g/mol. The van der Waals surface area contributed by atoms with Crippen LogP contribution in [0.4, 0.5) is 5.82 Å². The van der Waals surface area contributed by atoms with E-state index in [9.17, 15) is 0 Å². The van der Waals surface area contributed by atoms with Gasteiger partial charge < -0.3 is 10.3 Å². The normalized spacial score (nSPS) is 11.2. The summed E-state index contributed by atoms with van der Waals surface area (Å²) in [5.74, 6) is 1.40. The Bertz CT molecular complexity index is 699. The average molecular weight is 265 g/mol. The Morgan fingerprint density at radius 3 is 2.70 bits per heavy atom. The number of rotatable bonds is 4. The van der Waals surface area contributed by atoms with Crippen molar-refractivity contribution < 1.29 is 0 Å². The van der Waals surface area contributed by atoms with Gasteiger partial charge in [-0.3, -0.25) is 0 Å². The molecule has 0 unspecified atom stereocenters. The highest BCUT2D eigenvalue weighted by Crippen LogP contribution is 2.26. The minimum Gasteiger partial charge on any atom is -0.366 e. The van der Waals surface area contributed by atoms with Crippen molar-refractivity contribution in [1.29, 1.82) is 0 Å². The largest absolute Gasteiger partial charge is 0.366 e. The number of nitrogens with one attached hydrogen (secondary N) is 2. The topological polar surface area (TPSA) is 40.7 Å². The molecule has 20 heavy (non-hydrogen) atoms. The van der Waals surface area contributed by atoms with Crippen LogP contribution >= 0.6 is 0 Å². The molecule has 0 atom stereocenters. The summed E-state index contributed by atoms with van der Waals surface area (Å²) in [6.45, 7) is 5.21. The minimum absolute atomic E-state index is 0.480. The summed E-state index contributed by atoms with van der Waals surface area (Å²) < 4.78 is 0. The molecule has 1 aromatic carbocycles. The van der Waals surface area contributed by atoms with Gasteiger partial charge in [0.2, 0.25) is 0 Å². The van der Waals surface area contributed by atoms with E-state index in [1.165, 1.54) is 16.5 Å². The molecule has 2 heterocycles. The van der Waals surface area contributed by atoms with Crippen LogP contribution < -0.4 is 5.32 Å². The molecule has 0 radical (unpaired) electrons. The maximum Gasteiger partial charge on any atom is 0.139 e. The first-order chi connectivity index (χ1) is 9.74. The quantitative estimate of drug-likeness (QED) is 0.738. The molecule has 0 aliphatic rings. The van der Waals surface area contributed by atoms with Crippen molar-refractivity contribution in [3.63, 3.8) is 0 Å². The summed E-state index contributed by atoms with van der Waals surface area (Å²) in [7, 11) is 0. The second-order valence-electron chi connectivity index (χ2n) is 5.33. The van der Waals surface area contributed by atoms with E-state index in [1.807, 2.05) is 12.3 Å². The molecule has 0 bridgehead atoms. The Balaban J connectivity index is 1.88. The van der Waals surface area contributed by atoms with E-state index >= 15 is 0 Å². The average Bonchev–Trinajstić information content (AvgIpc) is 2.93. The highest BCUT2D eigenvalue weighted by atomic mass is 15.0. The fourth-order valence-corrected chi connectivity index (χ4v) is 2.42. The van der Waals surface area contributed by atoms with Gasteiger partial charge in [0.15, 0.2) is 0 Å². The third-order valence-corrected chi connectivity index (χ3v) is 3.50. The number of anilines is 1. The van der Waals surface area contributed by atoms with Crippen LogP contribution in [0.5, 0.6) is 0 Å². The minimum atomic E-state index is 0.480. The zero-order valence-corrected chi connectivity index (χ0v) is 11.9. The summed E-state index contributed by atoms with van der Waals surface area (Å²) in [5.41, 5.74) is 3.53. The lowest BCUT2D eigenvalue weighted by Gasteiger charge is -2.11. The van der Waals surface area contributed by atoms with Gasteiger partial charge in [-0.15, -0.1) is 0 Å². The molecule has 2 N–H and O–H groups in total. The Labute approximate surface area is 119 Å². The first-order valence-electron chi connectivity index (χ1n) is 7.00. The lowest BCUT2D eigenvalue weighted by atomic mass is 10.0. The van der Waals surface area contributed by atoms with Crippen molar-refractivity contribution in [3.05, 3.63) is 59.8 Å². The number of nitrogens with zero attached hydrogens (tertiary/aromatic N) is 1. The van der Waals surface area contributed by atoms with Crippen molar-refractivity contribution in [2.75, 3.05) is 5.32 Å². The molecule has 3 rings (SSSR count). The number of aromatic nitrogens is 2. The number of hydrogen-bond acceptors (Lipinski definition) is 2. The van der Waals surface area contributed by atoms with Gasteiger partial charge in [-0.25, -0.2) is 4.98 Å². The number of aromatic amines is 1. The molecule has 0 aliphatic carbocycles. The molecule has 0 aliphatic heterocycles. The molecule has 0 amide bonds. The van der Waals surface area contributed by atoms with Crippen LogP contribution in [0.3, 0.4) is 0 Å². The van der Waals surface area contributed by atoms with Gasteiger partial charge in [-0.2, -0.15) is 0 Å². The molecule has 0 fully saturated rings. The second kappa shape index (κ2) is 5.37. The number of hydrogen-bond donors (Lipinski definition) is 2. The predicted molar refractivity (Wildman–Crippen MR) is 84.0 cm³/mol. The first kappa shape index (κ1) is 12.7. The van der Waals surface area contributed by atoms with Crippen molar-refractivity contribution in [2.24, 2.45) is 0 Å². The monoisotopic (exact) mass is 265 g/mol. The number of benzene rings is 1. The van der Waals surface area contributed by atoms with Crippen LogP contribution in [-0.2, 0) is 6.54 Å². The molecule has 102 valence electrons. The van der Waals surface area contributed by atoms with E-state index in [0.717, 1.165) is 18.0 Å². The van der Waals surface area contributed by atoms with Gasteiger partial charge in [-0.1, -0.05) is 44.2 Å². The first-order valence-corrected chi connectivity index (χ1v) is 7.00. The molecule has 3 nitrogen and oxygen atoms in total. The third kappa shape index (κ3) is 2.52. The SMILES string of the molecule is CC(C)c1cc(NCc2ccccc2)nc2[nH]ccc12. The van der Waals surface area contributed by atoms with Crippen molar-refractivity contribution in [1.82, 2.24) is 9.97 Å². The summed E-state index contributed by atoms with van der Waals surface area (Å²) in [5, 5.41) is 4.62.